The zero-order valence-corrected chi connectivity index (χ0v) is 23.3. The molecular weight excluding hydrogens is 476 g/mol. The monoisotopic (exact) mass is 520 g/mol. The number of methoxy groups -OCH3 is 1. The van der Waals surface area contributed by atoms with E-state index in [1.807, 2.05) is 30.3 Å². The van der Waals surface area contributed by atoms with E-state index in [0.717, 1.165) is 99.6 Å². The lowest BCUT2D eigenvalue weighted by Gasteiger charge is -2.24. The van der Waals surface area contributed by atoms with Crippen molar-refractivity contribution < 1.29 is 19.0 Å². The van der Waals surface area contributed by atoms with Crippen molar-refractivity contribution in [1.82, 2.24) is 9.80 Å². The smallest absolute Gasteiger partial charge is 0.338 e. The molecular formula is C32H44N2O4. The van der Waals surface area contributed by atoms with E-state index in [1.54, 1.807) is 7.11 Å². The minimum absolute atomic E-state index is 0.150. The van der Waals surface area contributed by atoms with Crippen molar-refractivity contribution >= 4 is 11.5 Å². The molecule has 4 rings (SSSR count). The van der Waals surface area contributed by atoms with Gasteiger partial charge in [-0.3, -0.25) is 0 Å². The van der Waals surface area contributed by atoms with Crippen LogP contribution in [0.2, 0.25) is 0 Å². The van der Waals surface area contributed by atoms with Crippen LogP contribution in [0.5, 0.6) is 11.5 Å². The van der Waals surface area contributed by atoms with Gasteiger partial charge in [0.25, 0.3) is 0 Å². The molecule has 2 aromatic carbocycles. The van der Waals surface area contributed by atoms with Crippen LogP contribution in [-0.4, -0.2) is 74.9 Å². The van der Waals surface area contributed by atoms with Gasteiger partial charge in [0.05, 0.1) is 19.3 Å². The Balaban J connectivity index is 1.49. The molecule has 2 aliphatic rings. The highest BCUT2D eigenvalue weighted by Crippen LogP contribution is 2.35. The molecule has 38 heavy (non-hydrogen) atoms. The number of hydrogen-bond donors (Lipinski definition) is 0. The second kappa shape index (κ2) is 14.4. The molecule has 6 nitrogen and oxygen atoms in total. The van der Waals surface area contributed by atoms with Crippen LogP contribution in [0.1, 0.15) is 66.4 Å². The summed E-state index contributed by atoms with van der Waals surface area (Å²) >= 11 is 0. The fraction of sp³-hybridized carbons (Fsp3) is 0.531. The molecule has 2 heterocycles. The van der Waals surface area contributed by atoms with Crippen molar-refractivity contribution in [2.75, 3.05) is 53.0 Å². The third-order valence-electron chi connectivity index (χ3n) is 7.72. The Labute approximate surface area is 228 Å². The van der Waals surface area contributed by atoms with E-state index < -0.39 is 0 Å². The van der Waals surface area contributed by atoms with Crippen LogP contribution >= 0.6 is 0 Å². The van der Waals surface area contributed by atoms with Gasteiger partial charge in [0.15, 0.2) is 11.5 Å². The SMILES string of the molecule is C=C1CCCCN2CCCN(CCC(OC(=O)c3ccccc3)CCCOc3cc1cc(C)c3OC)CC2. The molecule has 0 spiro atoms. The molecule has 6 heteroatoms. The first kappa shape index (κ1) is 28.2. The Bertz CT molecular complexity index is 1050. The number of nitrogens with zero attached hydrogens (tertiary/aromatic N) is 2. The molecule has 0 radical (unpaired) electrons. The van der Waals surface area contributed by atoms with E-state index >= 15 is 0 Å². The number of carbonyl (C=O) groups is 1. The van der Waals surface area contributed by atoms with Crippen molar-refractivity contribution in [3.8, 4) is 11.5 Å². The quantitative estimate of drug-likeness (QED) is 0.464. The first-order valence-corrected chi connectivity index (χ1v) is 14.2. The van der Waals surface area contributed by atoms with E-state index in [0.29, 0.717) is 12.2 Å². The summed E-state index contributed by atoms with van der Waals surface area (Å²) in [4.78, 5) is 18.0. The molecule has 3 atom stereocenters. The molecule has 1 saturated heterocycles. The lowest BCUT2D eigenvalue weighted by atomic mass is 9.99. The predicted molar refractivity (Wildman–Crippen MR) is 153 cm³/mol. The third kappa shape index (κ3) is 8.08. The average molecular weight is 521 g/mol. The Morgan fingerprint density at radius 1 is 0.921 bits per heavy atom. The molecule has 3 unspecified atom stereocenters. The highest BCUT2D eigenvalue weighted by atomic mass is 16.5. The minimum Gasteiger partial charge on any atom is -0.493 e. The largest absolute Gasteiger partial charge is 0.493 e. The fourth-order valence-corrected chi connectivity index (χ4v) is 5.48. The maximum Gasteiger partial charge on any atom is 0.338 e. The van der Waals surface area contributed by atoms with Crippen molar-refractivity contribution in [1.29, 1.82) is 0 Å². The van der Waals surface area contributed by atoms with Gasteiger partial charge < -0.3 is 24.0 Å². The van der Waals surface area contributed by atoms with Crippen LogP contribution in [0.3, 0.4) is 0 Å². The van der Waals surface area contributed by atoms with Crippen molar-refractivity contribution in [3.63, 3.8) is 0 Å². The molecule has 0 aliphatic carbocycles. The summed E-state index contributed by atoms with van der Waals surface area (Å²) in [5.74, 6) is 1.28. The maximum absolute atomic E-state index is 12.9. The van der Waals surface area contributed by atoms with Crippen LogP contribution < -0.4 is 9.47 Å². The number of hydrogen-bond acceptors (Lipinski definition) is 6. The third-order valence-corrected chi connectivity index (χ3v) is 7.72. The normalized spacial score (nSPS) is 23.7. The summed E-state index contributed by atoms with van der Waals surface area (Å²) in [7, 11) is 1.69. The summed E-state index contributed by atoms with van der Waals surface area (Å²) in [6.45, 7) is 13.5. The number of ether oxygens (including phenoxy) is 3. The summed E-state index contributed by atoms with van der Waals surface area (Å²) in [6.07, 6.45) is 6.70. The number of aryl methyl sites for hydroxylation is 1. The van der Waals surface area contributed by atoms with Crippen molar-refractivity contribution in [3.05, 3.63) is 65.7 Å². The Kier molecular flexibility index (Phi) is 10.6. The van der Waals surface area contributed by atoms with E-state index in [9.17, 15) is 4.79 Å². The van der Waals surface area contributed by atoms with Crippen molar-refractivity contribution in [2.24, 2.45) is 0 Å². The molecule has 4 bridgehead atoms. The lowest BCUT2D eigenvalue weighted by molar-refractivity contribution is 0.0222. The number of rotatable bonds is 3. The van der Waals surface area contributed by atoms with E-state index in [-0.39, 0.29) is 12.1 Å². The van der Waals surface area contributed by atoms with Gasteiger partial charge >= 0.3 is 5.97 Å². The molecule has 1 fully saturated rings. The Hall–Kier alpha value is -2.83. The molecule has 0 saturated carbocycles. The molecule has 0 aromatic heterocycles. The van der Waals surface area contributed by atoms with Crippen LogP contribution in [0.15, 0.2) is 49.0 Å². The number of carbonyl (C=O) groups excluding carboxylic acids is 1. The van der Waals surface area contributed by atoms with Crippen LogP contribution in [0, 0.1) is 6.92 Å². The first-order chi connectivity index (χ1) is 18.5. The molecule has 0 N–H and O–H groups in total. The van der Waals surface area contributed by atoms with Crippen LogP contribution in [-0.2, 0) is 4.74 Å². The summed E-state index contributed by atoms with van der Waals surface area (Å²) in [5.41, 5.74) is 3.92. The van der Waals surface area contributed by atoms with Gasteiger partial charge in [0.2, 0.25) is 0 Å². The van der Waals surface area contributed by atoms with Crippen LogP contribution in [0.25, 0.3) is 5.57 Å². The summed E-state index contributed by atoms with van der Waals surface area (Å²) in [6, 6.07) is 13.5. The zero-order chi connectivity index (χ0) is 26.7. The second-order valence-corrected chi connectivity index (χ2v) is 10.6. The molecule has 206 valence electrons. The minimum atomic E-state index is -0.250. The number of esters is 1. The van der Waals surface area contributed by atoms with Gasteiger partial charge in [-0.1, -0.05) is 24.8 Å². The van der Waals surface area contributed by atoms with Crippen LogP contribution in [0.4, 0.5) is 0 Å². The number of fused-ring (bicyclic) bond motifs is 5. The maximum atomic E-state index is 12.9. The fourth-order valence-electron chi connectivity index (χ4n) is 5.48. The molecule has 2 aromatic rings. The zero-order valence-electron chi connectivity index (χ0n) is 23.3. The van der Waals surface area contributed by atoms with Gasteiger partial charge in [0.1, 0.15) is 6.10 Å². The van der Waals surface area contributed by atoms with E-state index in [1.165, 1.54) is 12.8 Å². The van der Waals surface area contributed by atoms with Gasteiger partial charge in [0, 0.05) is 19.6 Å². The first-order valence-electron chi connectivity index (χ1n) is 14.2. The lowest BCUT2D eigenvalue weighted by Crippen LogP contribution is -2.33. The Morgan fingerprint density at radius 3 is 2.42 bits per heavy atom. The summed E-state index contributed by atoms with van der Waals surface area (Å²) < 4.78 is 17.9. The average Bonchev–Trinajstić information content (AvgIpc) is 3.16. The standard InChI is InChI=1S/C32H44N2O4/c1-25-11-7-8-16-33-17-10-18-34(21-20-33)19-15-29(38-32(35)27-12-5-4-6-13-27)14-9-22-37-30-24-28(25)23-26(2)31(30)36-3/h4-6,12-13,23-24,29H,1,7-11,14-22H2,2-3H3. The number of allylic oxidation sites excluding steroid dienone is 1. The number of benzene rings is 2. The van der Waals surface area contributed by atoms with Gasteiger partial charge in [-0.2, -0.15) is 0 Å². The van der Waals surface area contributed by atoms with Crippen molar-refractivity contribution in [2.45, 2.75) is 58.0 Å². The second-order valence-electron chi connectivity index (χ2n) is 10.6. The van der Waals surface area contributed by atoms with Gasteiger partial charge in [-0.25, -0.2) is 4.79 Å². The Morgan fingerprint density at radius 2 is 1.66 bits per heavy atom. The van der Waals surface area contributed by atoms with E-state index in [2.05, 4.69) is 35.4 Å². The summed E-state index contributed by atoms with van der Waals surface area (Å²) in [5, 5.41) is 0. The molecule has 2 aliphatic heterocycles. The topological polar surface area (TPSA) is 51.2 Å². The van der Waals surface area contributed by atoms with Gasteiger partial charge in [-0.15, -0.1) is 0 Å². The molecule has 0 amide bonds. The predicted octanol–water partition coefficient (Wildman–Crippen LogP) is 5.98. The van der Waals surface area contributed by atoms with E-state index in [4.69, 9.17) is 14.2 Å². The van der Waals surface area contributed by atoms with Gasteiger partial charge in [-0.05, 0) is 112 Å². The highest BCUT2D eigenvalue weighted by molar-refractivity contribution is 5.89. The highest BCUT2D eigenvalue weighted by Gasteiger charge is 2.20.